The van der Waals surface area contributed by atoms with Crippen LogP contribution in [0.2, 0.25) is 5.02 Å². The van der Waals surface area contributed by atoms with Gasteiger partial charge < -0.3 is 10.2 Å². The number of amides is 1. The number of halogens is 4. The molecule has 32 heavy (non-hydrogen) atoms. The molecule has 2 aromatic rings. The average molecular weight is 492 g/mol. The van der Waals surface area contributed by atoms with E-state index in [2.05, 4.69) is 10.3 Å². The zero-order chi connectivity index (χ0) is 23.7. The van der Waals surface area contributed by atoms with E-state index in [-0.39, 0.29) is 21.6 Å². The molecule has 0 aliphatic carbocycles. The molecule has 1 aliphatic heterocycles. The third kappa shape index (κ3) is 5.68. The van der Waals surface area contributed by atoms with Crippen LogP contribution in [0.5, 0.6) is 0 Å². The molecule has 1 fully saturated rings. The summed E-state index contributed by atoms with van der Waals surface area (Å²) < 4.78 is 61.0. The Kier molecular flexibility index (Phi) is 6.98. The van der Waals surface area contributed by atoms with Gasteiger partial charge >= 0.3 is 6.18 Å². The van der Waals surface area contributed by atoms with Crippen molar-refractivity contribution < 1.29 is 26.4 Å². The van der Waals surface area contributed by atoms with Gasteiger partial charge in [-0.1, -0.05) is 11.6 Å². The lowest BCUT2D eigenvalue weighted by Crippen LogP contribution is -2.53. The van der Waals surface area contributed by atoms with Gasteiger partial charge in [0.15, 0.2) is 0 Å². The van der Waals surface area contributed by atoms with Crippen LogP contribution in [0.4, 0.5) is 24.7 Å². The van der Waals surface area contributed by atoms with Crippen LogP contribution in [-0.4, -0.2) is 56.4 Å². The van der Waals surface area contributed by atoms with E-state index in [9.17, 15) is 26.4 Å². The maximum Gasteiger partial charge on any atom is 0.417 e. The van der Waals surface area contributed by atoms with Gasteiger partial charge in [0.1, 0.15) is 5.82 Å². The Bertz CT molecular complexity index is 1090. The Morgan fingerprint density at radius 1 is 1.19 bits per heavy atom. The number of hydrogen-bond acceptors (Lipinski definition) is 6. The summed E-state index contributed by atoms with van der Waals surface area (Å²) in [6.07, 6.45) is -3.76. The van der Waals surface area contributed by atoms with Crippen LogP contribution in [0.25, 0.3) is 0 Å². The van der Waals surface area contributed by atoms with Crippen molar-refractivity contribution in [2.75, 3.05) is 36.4 Å². The van der Waals surface area contributed by atoms with E-state index in [0.717, 1.165) is 12.3 Å². The number of alkyl halides is 3. The molecule has 1 atom stereocenters. The van der Waals surface area contributed by atoms with Gasteiger partial charge in [-0.3, -0.25) is 9.69 Å². The summed E-state index contributed by atoms with van der Waals surface area (Å²) in [4.78, 5) is 20.1. The van der Waals surface area contributed by atoms with Crippen molar-refractivity contribution in [1.82, 2.24) is 9.88 Å². The Labute approximate surface area is 188 Å². The minimum atomic E-state index is -4.52. The number of primary sulfonamides is 1. The van der Waals surface area contributed by atoms with E-state index in [1.165, 1.54) is 24.3 Å². The molecule has 3 rings (SSSR count). The lowest BCUT2D eigenvalue weighted by molar-refractivity contribution is -0.137. The van der Waals surface area contributed by atoms with Crippen LogP contribution < -0.4 is 15.4 Å². The second kappa shape index (κ2) is 9.22. The number of piperazine rings is 1. The van der Waals surface area contributed by atoms with Gasteiger partial charge in [-0.25, -0.2) is 18.5 Å². The van der Waals surface area contributed by atoms with E-state index in [0.29, 0.717) is 31.9 Å². The fraction of sp³-hybridized carbons (Fsp3) is 0.368. The molecule has 1 saturated heterocycles. The first-order valence-electron chi connectivity index (χ1n) is 9.52. The minimum absolute atomic E-state index is 0.0600. The molecule has 1 aromatic heterocycles. The molecule has 0 bridgehead atoms. The number of carbonyl (C=O) groups is 1. The fourth-order valence-corrected chi connectivity index (χ4v) is 4.08. The minimum Gasteiger partial charge on any atom is -0.353 e. The fourth-order valence-electron chi connectivity index (χ4n) is 3.28. The highest BCUT2D eigenvalue weighted by Crippen LogP contribution is 2.33. The Hall–Kier alpha value is -2.41. The van der Waals surface area contributed by atoms with Gasteiger partial charge in [0.25, 0.3) is 0 Å². The highest BCUT2D eigenvalue weighted by atomic mass is 35.5. The van der Waals surface area contributed by atoms with Crippen molar-refractivity contribution in [3.63, 3.8) is 0 Å². The molecule has 3 N–H and O–H groups in total. The van der Waals surface area contributed by atoms with Crippen molar-refractivity contribution in [2.24, 2.45) is 5.14 Å². The monoisotopic (exact) mass is 491 g/mol. The number of hydrogen-bond donors (Lipinski definition) is 2. The van der Waals surface area contributed by atoms with Gasteiger partial charge in [-0.15, -0.1) is 0 Å². The molecule has 0 spiro atoms. The summed E-state index contributed by atoms with van der Waals surface area (Å²) in [5.41, 5.74) is -0.485. The lowest BCUT2D eigenvalue weighted by atomic mass is 10.2. The third-order valence-electron chi connectivity index (χ3n) is 5.14. The highest BCUT2D eigenvalue weighted by molar-refractivity contribution is 7.89. The number of anilines is 2. The molecule has 1 aromatic carbocycles. The molecule has 13 heteroatoms. The second-order valence-electron chi connectivity index (χ2n) is 7.28. The van der Waals surface area contributed by atoms with E-state index in [1.807, 2.05) is 4.90 Å². The largest absolute Gasteiger partial charge is 0.417 e. The summed E-state index contributed by atoms with van der Waals surface area (Å²) >= 11 is 6.02. The first-order chi connectivity index (χ1) is 14.9. The Balaban J connectivity index is 1.58. The van der Waals surface area contributed by atoms with Gasteiger partial charge in [-0.05, 0) is 37.3 Å². The van der Waals surface area contributed by atoms with E-state index in [4.69, 9.17) is 16.7 Å². The zero-order valence-corrected chi connectivity index (χ0v) is 18.5. The maximum absolute atomic E-state index is 12.8. The van der Waals surface area contributed by atoms with E-state index >= 15 is 0 Å². The molecular weight excluding hydrogens is 471 g/mol. The summed E-state index contributed by atoms with van der Waals surface area (Å²) in [7, 11) is -3.82. The summed E-state index contributed by atoms with van der Waals surface area (Å²) in [6.45, 7) is 3.53. The van der Waals surface area contributed by atoms with Crippen molar-refractivity contribution in [3.05, 3.63) is 47.1 Å². The first kappa shape index (κ1) is 24.2. The predicted molar refractivity (Wildman–Crippen MR) is 114 cm³/mol. The van der Waals surface area contributed by atoms with Crippen LogP contribution in [-0.2, 0) is 21.0 Å². The Morgan fingerprint density at radius 3 is 2.28 bits per heavy atom. The number of sulfonamides is 1. The molecule has 174 valence electrons. The molecule has 0 radical (unpaired) electrons. The number of nitrogens with zero attached hydrogens (tertiary/aromatic N) is 3. The van der Waals surface area contributed by atoms with Gasteiger partial charge in [0, 0.05) is 38.1 Å². The molecule has 2 heterocycles. The van der Waals surface area contributed by atoms with E-state index < -0.39 is 27.8 Å². The van der Waals surface area contributed by atoms with Gasteiger partial charge in [0.05, 0.1) is 21.5 Å². The smallest absolute Gasteiger partial charge is 0.353 e. The van der Waals surface area contributed by atoms with Crippen molar-refractivity contribution in [2.45, 2.75) is 24.0 Å². The van der Waals surface area contributed by atoms with Crippen LogP contribution in [0.15, 0.2) is 41.4 Å². The zero-order valence-electron chi connectivity index (χ0n) is 16.9. The van der Waals surface area contributed by atoms with E-state index in [1.54, 1.807) is 11.8 Å². The summed E-state index contributed by atoms with van der Waals surface area (Å²) in [5, 5.41) is 7.69. The van der Waals surface area contributed by atoms with Crippen LogP contribution in [0, 0.1) is 0 Å². The maximum atomic E-state index is 12.8. The predicted octanol–water partition coefficient (Wildman–Crippen LogP) is 2.55. The topological polar surface area (TPSA) is 109 Å². The molecule has 1 amide bonds. The van der Waals surface area contributed by atoms with Crippen LogP contribution in [0.3, 0.4) is 0 Å². The number of nitrogens with one attached hydrogen (secondary N) is 1. The average Bonchev–Trinajstić information content (AvgIpc) is 2.72. The Morgan fingerprint density at radius 2 is 1.78 bits per heavy atom. The number of benzene rings is 1. The molecular formula is C19H21ClF3N5O3S. The SMILES string of the molecule is C[C@H](C(=O)Nc1ccc(S(N)(=O)=O)cc1)N1CCN(c2ncc(C(F)(F)F)cc2Cl)CC1. The number of nitrogens with two attached hydrogens (primary N) is 1. The quantitative estimate of drug-likeness (QED) is 0.665. The number of aromatic nitrogens is 1. The lowest BCUT2D eigenvalue weighted by Gasteiger charge is -2.38. The normalized spacial score (nSPS) is 16.6. The third-order valence-corrected chi connectivity index (χ3v) is 6.35. The first-order valence-corrected chi connectivity index (χ1v) is 11.4. The molecule has 0 unspecified atom stereocenters. The number of pyridine rings is 1. The van der Waals surface area contributed by atoms with Gasteiger partial charge in [0.2, 0.25) is 15.9 Å². The summed E-state index contributed by atoms with van der Waals surface area (Å²) in [6, 6.07) is 5.85. The molecule has 0 saturated carbocycles. The second-order valence-corrected chi connectivity index (χ2v) is 9.25. The number of carbonyl (C=O) groups excluding carboxylic acids is 1. The van der Waals surface area contributed by atoms with Crippen molar-refractivity contribution >= 4 is 39.0 Å². The van der Waals surface area contributed by atoms with Crippen LogP contribution >= 0.6 is 11.6 Å². The number of rotatable bonds is 5. The van der Waals surface area contributed by atoms with Gasteiger partial charge in [-0.2, -0.15) is 13.2 Å². The molecule has 8 nitrogen and oxygen atoms in total. The van der Waals surface area contributed by atoms with Crippen molar-refractivity contribution in [3.8, 4) is 0 Å². The highest BCUT2D eigenvalue weighted by Gasteiger charge is 2.33. The van der Waals surface area contributed by atoms with Crippen molar-refractivity contribution in [1.29, 1.82) is 0 Å². The molecule has 1 aliphatic rings. The standard InChI is InChI=1S/C19H21ClF3N5O3S/c1-12(18(29)26-14-2-4-15(5-3-14)32(24,30)31)27-6-8-28(9-7-27)17-16(20)10-13(11-25-17)19(21,22)23/h2-5,10-12H,6-9H2,1H3,(H,26,29)(H2,24,30,31)/t12-/m1/s1. The summed E-state index contributed by atoms with van der Waals surface area (Å²) in [5.74, 6) is -0.0149. The van der Waals surface area contributed by atoms with Crippen LogP contribution in [0.1, 0.15) is 12.5 Å².